The zero-order valence-electron chi connectivity index (χ0n) is 29.3. The van der Waals surface area contributed by atoms with E-state index in [0.717, 1.165) is 62.0 Å². The monoisotopic (exact) mass is 685 g/mol. The SMILES string of the molecule is CCOCCCOc1nn(C2CCC(N3C[C@@H](C)O[C@@H](C)C3)CC2)cc1Nc1ncc(-c2ccc(C#N)c(OC(C)Cn3cnnn3)c2)cn1. The van der Waals surface area contributed by atoms with Crippen molar-refractivity contribution in [2.75, 3.05) is 38.2 Å². The first-order chi connectivity index (χ1) is 24.4. The van der Waals surface area contributed by atoms with Crippen LogP contribution < -0.4 is 14.8 Å². The third-order valence-corrected chi connectivity index (χ3v) is 9.08. The molecule has 3 atom stereocenters. The van der Waals surface area contributed by atoms with Gasteiger partial charge in [0.05, 0.1) is 43.2 Å². The van der Waals surface area contributed by atoms with Crippen molar-refractivity contribution in [1.29, 1.82) is 5.26 Å². The van der Waals surface area contributed by atoms with Crippen LogP contribution in [0.2, 0.25) is 0 Å². The molecule has 2 fully saturated rings. The molecule has 0 spiro atoms. The molecule has 0 bridgehead atoms. The van der Waals surface area contributed by atoms with E-state index in [1.165, 1.54) is 6.33 Å². The van der Waals surface area contributed by atoms with Gasteiger partial charge >= 0.3 is 0 Å². The summed E-state index contributed by atoms with van der Waals surface area (Å²) in [6.45, 7) is 12.5. The van der Waals surface area contributed by atoms with Gasteiger partial charge in [0, 0.05) is 56.7 Å². The quantitative estimate of drug-likeness (QED) is 0.170. The van der Waals surface area contributed by atoms with E-state index in [4.69, 9.17) is 24.0 Å². The van der Waals surface area contributed by atoms with E-state index in [-0.39, 0.29) is 24.4 Å². The van der Waals surface area contributed by atoms with Gasteiger partial charge in [-0.3, -0.25) is 9.58 Å². The maximum atomic E-state index is 9.68. The zero-order valence-corrected chi connectivity index (χ0v) is 29.3. The summed E-state index contributed by atoms with van der Waals surface area (Å²) in [6, 6.07) is 8.49. The van der Waals surface area contributed by atoms with E-state index in [0.29, 0.717) is 55.5 Å². The van der Waals surface area contributed by atoms with Gasteiger partial charge in [-0.25, -0.2) is 14.6 Å². The Morgan fingerprint density at radius 1 is 1.04 bits per heavy atom. The predicted molar refractivity (Wildman–Crippen MR) is 185 cm³/mol. The van der Waals surface area contributed by atoms with Crippen molar-refractivity contribution in [3.05, 3.63) is 48.7 Å². The number of nitrogens with zero attached hydrogens (tertiary/aromatic N) is 10. The lowest BCUT2D eigenvalue weighted by molar-refractivity contribution is -0.0852. The highest BCUT2D eigenvalue weighted by Gasteiger charge is 2.32. The Kier molecular flexibility index (Phi) is 11.9. The molecule has 15 heteroatoms. The van der Waals surface area contributed by atoms with Gasteiger partial charge < -0.3 is 24.3 Å². The highest BCUT2D eigenvalue weighted by molar-refractivity contribution is 5.67. The highest BCUT2D eigenvalue weighted by atomic mass is 16.5. The third-order valence-electron chi connectivity index (χ3n) is 9.08. The number of ether oxygens (including phenoxy) is 4. The maximum absolute atomic E-state index is 9.68. The molecule has 266 valence electrons. The van der Waals surface area contributed by atoms with Gasteiger partial charge in [0.25, 0.3) is 5.88 Å². The molecule has 6 rings (SSSR count). The van der Waals surface area contributed by atoms with E-state index in [9.17, 15) is 5.26 Å². The van der Waals surface area contributed by atoms with Gasteiger partial charge in [0.1, 0.15) is 29.9 Å². The summed E-state index contributed by atoms with van der Waals surface area (Å²) >= 11 is 0. The van der Waals surface area contributed by atoms with Gasteiger partial charge in [-0.1, -0.05) is 6.07 Å². The molecule has 4 aromatic rings. The molecule has 1 unspecified atom stereocenters. The molecule has 1 aliphatic carbocycles. The Morgan fingerprint density at radius 2 is 1.80 bits per heavy atom. The number of aromatic nitrogens is 8. The van der Waals surface area contributed by atoms with Crippen molar-refractivity contribution in [2.45, 2.75) is 96.7 Å². The van der Waals surface area contributed by atoms with Crippen molar-refractivity contribution in [2.24, 2.45) is 0 Å². The Labute approximate surface area is 292 Å². The van der Waals surface area contributed by atoms with Crippen molar-refractivity contribution in [3.8, 4) is 28.8 Å². The number of rotatable bonds is 15. The number of nitriles is 1. The number of hydrogen-bond acceptors (Lipinski definition) is 13. The lowest BCUT2D eigenvalue weighted by Gasteiger charge is -2.42. The number of tetrazole rings is 1. The van der Waals surface area contributed by atoms with Crippen LogP contribution in [0.3, 0.4) is 0 Å². The Balaban J connectivity index is 1.13. The average Bonchev–Trinajstić information content (AvgIpc) is 3.78. The molecule has 1 aromatic carbocycles. The first-order valence-corrected chi connectivity index (χ1v) is 17.6. The molecular weight excluding hydrogens is 638 g/mol. The zero-order chi connectivity index (χ0) is 34.9. The smallest absolute Gasteiger partial charge is 0.256 e. The molecule has 1 saturated carbocycles. The number of hydrogen-bond donors (Lipinski definition) is 1. The largest absolute Gasteiger partial charge is 0.487 e. The van der Waals surface area contributed by atoms with Crippen LogP contribution in [0.15, 0.2) is 43.1 Å². The first-order valence-electron chi connectivity index (χ1n) is 17.6. The molecule has 1 N–H and O–H groups in total. The van der Waals surface area contributed by atoms with E-state index >= 15 is 0 Å². The van der Waals surface area contributed by atoms with E-state index < -0.39 is 0 Å². The second-order valence-corrected chi connectivity index (χ2v) is 13.1. The fraction of sp³-hybridized carbons (Fsp3) is 0.571. The van der Waals surface area contributed by atoms with Crippen LogP contribution in [0, 0.1) is 11.3 Å². The molecule has 0 amide bonds. The molecule has 15 nitrogen and oxygen atoms in total. The Hall–Kier alpha value is -4.65. The first kappa shape index (κ1) is 35.2. The van der Waals surface area contributed by atoms with Crippen LogP contribution in [0.1, 0.15) is 71.4 Å². The minimum absolute atomic E-state index is 0.271. The number of nitrogens with one attached hydrogen (secondary N) is 1. The normalized spacial score (nSPS) is 21.7. The summed E-state index contributed by atoms with van der Waals surface area (Å²) in [7, 11) is 0. The summed E-state index contributed by atoms with van der Waals surface area (Å²) in [5, 5.41) is 29.1. The van der Waals surface area contributed by atoms with Crippen LogP contribution in [0.4, 0.5) is 11.6 Å². The number of anilines is 2. The average molecular weight is 686 g/mol. The van der Waals surface area contributed by atoms with E-state index in [1.807, 2.05) is 36.9 Å². The van der Waals surface area contributed by atoms with Crippen LogP contribution in [-0.4, -0.2) is 102 Å². The summed E-state index contributed by atoms with van der Waals surface area (Å²) in [6.07, 6.45) is 12.4. The maximum Gasteiger partial charge on any atom is 0.256 e. The molecule has 2 aliphatic rings. The Bertz CT molecular complexity index is 1670. The van der Waals surface area contributed by atoms with Gasteiger partial charge in [-0.2, -0.15) is 5.26 Å². The molecule has 1 saturated heterocycles. The fourth-order valence-corrected chi connectivity index (χ4v) is 6.77. The standard InChI is InChI=1S/C35H47N11O4/c1-5-47-13-6-14-48-34-32(22-46(41-34)31-11-9-30(10-12-31)44-19-24(2)49-25(3)20-44)40-35-37-17-29(18-38-35)27-7-8-28(16-36)33(15-27)50-26(4)21-45-23-39-42-43-45/h7-8,15,17-18,22-26,30-31H,5-6,9-14,19-21H2,1-4H3,(H,37,38,40)/t24-,25+,26?,30?,31?. The minimum Gasteiger partial charge on any atom is -0.487 e. The van der Waals surface area contributed by atoms with Crippen LogP contribution in [0.5, 0.6) is 11.6 Å². The van der Waals surface area contributed by atoms with Crippen LogP contribution in [0.25, 0.3) is 11.1 Å². The Morgan fingerprint density at radius 3 is 2.50 bits per heavy atom. The molecule has 1 aliphatic heterocycles. The predicted octanol–water partition coefficient (Wildman–Crippen LogP) is 4.81. The molecule has 3 aromatic heterocycles. The summed E-state index contributed by atoms with van der Waals surface area (Å²) < 4.78 is 27.4. The van der Waals surface area contributed by atoms with Crippen LogP contribution >= 0.6 is 0 Å². The van der Waals surface area contributed by atoms with Crippen molar-refractivity contribution >= 4 is 11.6 Å². The van der Waals surface area contributed by atoms with E-state index in [2.05, 4.69) is 55.6 Å². The lowest BCUT2D eigenvalue weighted by Crippen LogP contribution is -2.51. The second kappa shape index (κ2) is 16.8. The van der Waals surface area contributed by atoms with Gasteiger partial charge in [0.15, 0.2) is 0 Å². The molecule has 50 heavy (non-hydrogen) atoms. The van der Waals surface area contributed by atoms with Gasteiger partial charge in [-0.15, -0.1) is 10.2 Å². The minimum atomic E-state index is -0.271. The summed E-state index contributed by atoms with van der Waals surface area (Å²) in [5.41, 5.74) is 2.75. The topological polar surface area (TPSA) is 163 Å². The van der Waals surface area contributed by atoms with Crippen LogP contribution in [-0.2, 0) is 16.0 Å². The van der Waals surface area contributed by atoms with Crippen molar-refractivity contribution in [1.82, 2.24) is 44.9 Å². The van der Waals surface area contributed by atoms with Crippen molar-refractivity contribution in [3.63, 3.8) is 0 Å². The molecule has 4 heterocycles. The van der Waals surface area contributed by atoms with Gasteiger partial charge in [-0.05, 0) is 81.5 Å². The summed E-state index contributed by atoms with van der Waals surface area (Å²) in [4.78, 5) is 11.8. The fourth-order valence-electron chi connectivity index (χ4n) is 6.77. The van der Waals surface area contributed by atoms with Crippen molar-refractivity contribution < 1.29 is 18.9 Å². The third kappa shape index (κ3) is 9.12. The van der Waals surface area contributed by atoms with Gasteiger partial charge in [0.2, 0.25) is 5.95 Å². The van der Waals surface area contributed by atoms with E-state index in [1.54, 1.807) is 23.1 Å². The second-order valence-electron chi connectivity index (χ2n) is 13.1. The molecule has 0 radical (unpaired) electrons. The highest BCUT2D eigenvalue weighted by Crippen LogP contribution is 2.35. The number of morpholine rings is 1. The number of benzene rings is 1. The molecular formula is C35H47N11O4. The lowest BCUT2D eigenvalue weighted by atomic mass is 9.89. The summed E-state index contributed by atoms with van der Waals surface area (Å²) in [5.74, 6) is 1.41.